The van der Waals surface area contributed by atoms with Crippen molar-refractivity contribution in [1.29, 1.82) is 0 Å². The van der Waals surface area contributed by atoms with E-state index in [1.54, 1.807) is 0 Å². The average Bonchev–Trinajstić information content (AvgIpc) is 2.47. The molecule has 0 aliphatic rings. The Balaban J connectivity index is 2.82. The Morgan fingerprint density at radius 3 is 2.85 bits per heavy atom. The summed E-state index contributed by atoms with van der Waals surface area (Å²) < 4.78 is 0. The predicted molar refractivity (Wildman–Crippen MR) is 53.3 cm³/mol. The second kappa shape index (κ2) is 3.16. The second-order valence-corrected chi connectivity index (χ2v) is 3.37. The summed E-state index contributed by atoms with van der Waals surface area (Å²) in [5, 5.41) is 1.45. The molecule has 13 heavy (non-hydrogen) atoms. The van der Waals surface area contributed by atoms with E-state index in [2.05, 4.69) is 15.0 Å². The number of aryl methyl sites for hydroxylation is 1. The van der Waals surface area contributed by atoms with Crippen molar-refractivity contribution in [3.05, 3.63) is 22.2 Å². The van der Waals surface area contributed by atoms with Gasteiger partial charge in [0.1, 0.15) is 10.8 Å². The molecule has 68 valence electrons. The van der Waals surface area contributed by atoms with E-state index < -0.39 is 0 Å². The number of aromatic nitrogens is 3. The summed E-state index contributed by atoms with van der Waals surface area (Å²) in [5.41, 5.74) is 1.80. The average molecular weight is 216 g/mol. The fraction of sp³-hybridized carbons (Fsp3) is 0.250. The Morgan fingerprint density at radius 1 is 1.38 bits per heavy atom. The number of halogens is 2. The third kappa shape index (κ3) is 1.38. The summed E-state index contributed by atoms with van der Waals surface area (Å²) in [4.78, 5) is 10.9. The molecule has 0 aromatic carbocycles. The van der Waals surface area contributed by atoms with E-state index in [0.717, 1.165) is 17.4 Å². The molecule has 0 aliphatic heterocycles. The molecule has 0 saturated heterocycles. The van der Waals surface area contributed by atoms with Gasteiger partial charge in [-0.05, 0) is 23.6 Å². The summed E-state index contributed by atoms with van der Waals surface area (Å²) in [5.74, 6) is 0. The zero-order valence-electron chi connectivity index (χ0n) is 6.93. The van der Waals surface area contributed by atoms with Crippen molar-refractivity contribution in [2.45, 2.75) is 13.3 Å². The first-order valence-electron chi connectivity index (χ1n) is 3.91. The summed E-state index contributed by atoms with van der Waals surface area (Å²) in [7, 11) is 0. The minimum atomic E-state index is 0.169. The van der Waals surface area contributed by atoms with Gasteiger partial charge in [0.2, 0.25) is 5.28 Å². The number of rotatable bonds is 1. The van der Waals surface area contributed by atoms with Gasteiger partial charge in [-0.1, -0.05) is 18.5 Å². The molecule has 2 rings (SSSR count). The van der Waals surface area contributed by atoms with E-state index in [1.807, 2.05) is 13.1 Å². The quantitative estimate of drug-likeness (QED) is 0.588. The topological polar surface area (TPSA) is 41.6 Å². The largest absolute Gasteiger partial charge is 0.346 e. The van der Waals surface area contributed by atoms with Crippen LogP contribution in [0.5, 0.6) is 0 Å². The third-order valence-corrected chi connectivity index (χ3v) is 2.37. The monoisotopic (exact) mass is 215 g/mol. The molecule has 0 bridgehead atoms. The Morgan fingerprint density at radius 2 is 2.15 bits per heavy atom. The first-order valence-corrected chi connectivity index (χ1v) is 4.67. The normalized spacial score (nSPS) is 11.0. The van der Waals surface area contributed by atoms with Crippen LogP contribution in [0, 0.1) is 0 Å². The zero-order valence-corrected chi connectivity index (χ0v) is 8.45. The van der Waals surface area contributed by atoms with Crippen molar-refractivity contribution in [2.24, 2.45) is 0 Å². The molecular weight excluding hydrogens is 209 g/mol. The molecule has 0 radical (unpaired) electrons. The van der Waals surface area contributed by atoms with Gasteiger partial charge in [0.05, 0.1) is 5.39 Å². The molecule has 0 atom stereocenters. The number of nitrogens with one attached hydrogen (secondary N) is 1. The van der Waals surface area contributed by atoms with Gasteiger partial charge in [-0.2, -0.15) is 4.98 Å². The van der Waals surface area contributed by atoms with Gasteiger partial charge in [0, 0.05) is 6.20 Å². The third-order valence-electron chi connectivity index (χ3n) is 1.92. The van der Waals surface area contributed by atoms with Gasteiger partial charge in [-0.15, -0.1) is 0 Å². The van der Waals surface area contributed by atoms with Gasteiger partial charge in [-0.25, -0.2) is 4.98 Å². The van der Waals surface area contributed by atoms with Crippen molar-refractivity contribution in [3.63, 3.8) is 0 Å². The van der Waals surface area contributed by atoms with Crippen molar-refractivity contribution < 1.29 is 0 Å². The molecule has 5 heteroatoms. The molecule has 0 unspecified atom stereocenters. The van der Waals surface area contributed by atoms with E-state index >= 15 is 0 Å². The number of aromatic amines is 1. The molecule has 0 amide bonds. The van der Waals surface area contributed by atoms with Gasteiger partial charge >= 0.3 is 0 Å². The second-order valence-electron chi connectivity index (χ2n) is 2.67. The van der Waals surface area contributed by atoms with Crippen molar-refractivity contribution >= 4 is 34.2 Å². The highest BCUT2D eigenvalue weighted by molar-refractivity contribution is 6.35. The van der Waals surface area contributed by atoms with Crippen LogP contribution in [0.3, 0.4) is 0 Å². The lowest BCUT2D eigenvalue weighted by atomic mass is 10.2. The van der Waals surface area contributed by atoms with E-state index in [4.69, 9.17) is 23.2 Å². The molecular formula is C8H7Cl2N3. The number of fused-ring (bicyclic) bond motifs is 1. The first kappa shape index (κ1) is 8.78. The molecule has 0 saturated carbocycles. The first-order chi connectivity index (χ1) is 6.22. The van der Waals surface area contributed by atoms with Crippen LogP contribution < -0.4 is 0 Å². The van der Waals surface area contributed by atoms with Crippen LogP contribution in [0.2, 0.25) is 10.4 Å². The highest BCUT2D eigenvalue weighted by Crippen LogP contribution is 2.25. The molecule has 2 aromatic rings. The summed E-state index contributed by atoms with van der Waals surface area (Å²) >= 11 is 11.6. The van der Waals surface area contributed by atoms with Crippen molar-refractivity contribution in [1.82, 2.24) is 15.0 Å². The lowest BCUT2D eigenvalue weighted by molar-refractivity contribution is 1.15. The van der Waals surface area contributed by atoms with Crippen molar-refractivity contribution in [3.8, 4) is 0 Å². The van der Waals surface area contributed by atoms with Crippen LogP contribution in [0.15, 0.2) is 6.20 Å². The summed E-state index contributed by atoms with van der Waals surface area (Å²) in [6, 6.07) is 0. The summed E-state index contributed by atoms with van der Waals surface area (Å²) in [6.45, 7) is 2.05. The maximum Gasteiger partial charge on any atom is 0.225 e. The Labute approximate surface area is 85.1 Å². The van der Waals surface area contributed by atoms with Gasteiger partial charge in [0.15, 0.2) is 0 Å². The minimum absolute atomic E-state index is 0.169. The lowest BCUT2D eigenvalue weighted by Gasteiger charge is -1.96. The van der Waals surface area contributed by atoms with E-state index in [-0.39, 0.29) is 5.28 Å². The fourth-order valence-corrected chi connectivity index (χ4v) is 1.81. The number of H-pyrrole nitrogens is 1. The van der Waals surface area contributed by atoms with Gasteiger partial charge < -0.3 is 4.98 Å². The van der Waals surface area contributed by atoms with Crippen LogP contribution in [0.4, 0.5) is 0 Å². The Bertz CT molecular complexity index is 450. The predicted octanol–water partition coefficient (Wildman–Crippen LogP) is 2.83. The number of hydrogen-bond acceptors (Lipinski definition) is 2. The molecule has 2 aromatic heterocycles. The van der Waals surface area contributed by atoms with Crippen LogP contribution in [0.25, 0.3) is 11.0 Å². The maximum atomic E-state index is 5.93. The molecule has 2 heterocycles. The molecule has 3 nitrogen and oxygen atoms in total. The molecule has 1 N–H and O–H groups in total. The highest BCUT2D eigenvalue weighted by Gasteiger charge is 2.09. The number of hydrogen-bond donors (Lipinski definition) is 1. The van der Waals surface area contributed by atoms with Crippen LogP contribution in [0.1, 0.15) is 12.5 Å². The van der Waals surface area contributed by atoms with E-state index in [0.29, 0.717) is 10.8 Å². The fourth-order valence-electron chi connectivity index (χ4n) is 1.30. The van der Waals surface area contributed by atoms with Crippen molar-refractivity contribution in [2.75, 3.05) is 0 Å². The van der Waals surface area contributed by atoms with Crippen LogP contribution in [-0.2, 0) is 6.42 Å². The maximum absolute atomic E-state index is 5.93. The molecule has 0 spiro atoms. The summed E-state index contributed by atoms with van der Waals surface area (Å²) in [6.07, 6.45) is 2.77. The van der Waals surface area contributed by atoms with Gasteiger partial charge in [-0.3, -0.25) is 0 Å². The van der Waals surface area contributed by atoms with E-state index in [9.17, 15) is 0 Å². The SMILES string of the molecule is CCc1c[nH]c2nc(Cl)nc(Cl)c12. The lowest BCUT2D eigenvalue weighted by Crippen LogP contribution is -1.86. The molecule has 0 fully saturated rings. The zero-order chi connectivity index (χ0) is 9.42. The van der Waals surface area contributed by atoms with E-state index in [1.165, 1.54) is 0 Å². The van der Waals surface area contributed by atoms with Crippen LogP contribution in [-0.4, -0.2) is 15.0 Å². The smallest absolute Gasteiger partial charge is 0.225 e. The molecule has 0 aliphatic carbocycles. The highest BCUT2D eigenvalue weighted by atomic mass is 35.5. The number of nitrogens with zero attached hydrogens (tertiary/aromatic N) is 2. The standard InChI is InChI=1S/C8H7Cl2N3/c1-2-4-3-11-7-5(4)6(9)12-8(10)13-7/h3H,2H2,1H3,(H,11,12,13). The van der Waals surface area contributed by atoms with Crippen LogP contribution >= 0.6 is 23.2 Å². The van der Waals surface area contributed by atoms with Gasteiger partial charge in [0.25, 0.3) is 0 Å². The Hall–Kier alpha value is -0.800. The Kier molecular flexibility index (Phi) is 2.14. The minimum Gasteiger partial charge on any atom is -0.346 e.